The second kappa shape index (κ2) is 8.22. The Hall–Kier alpha value is -1.98. The van der Waals surface area contributed by atoms with E-state index in [1.807, 2.05) is 12.1 Å². The van der Waals surface area contributed by atoms with Gasteiger partial charge in [0, 0.05) is 0 Å². The van der Waals surface area contributed by atoms with Gasteiger partial charge in [0.25, 0.3) is 0 Å². The minimum atomic E-state index is -0.446. The number of carbonyl (C=O) groups excluding carboxylic acids is 2. The van der Waals surface area contributed by atoms with Crippen molar-refractivity contribution in [2.75, 3.05) is 25.7 Å². The van der Waals surface area contributed by atoms with E-state index in [4.69, 9.17) is 20.9 Å². The van der Waals surface area contributed by atoms with E-state index in [1.54, 1.807) is 24.3 Å². The van der Waals surface area contributed by atoms with Crippen molar-refractivity contribution in [3.8, 4) is 0 Å². The van der Waals surface area contributed by atoms with Gasteiger partial charge >= 0.3 is 151 Å². The van der Waals surface area contributed by atoms with E-state index in [9.17, 15) is 9.59 Å². The van der Waals surface area contributed by atoms with E-state index in [0.29, 0.717) is 22.5 Å². The molecule has 0 saturated heterocycles. The van der Waals surface area contributed by atoms with Gasteiger partial charge < -0.3 is 0 Å². The van der Waals surface area contributed by atoms with Crippen molar-refractivity contribution in [3.05, 3.63) is 47.5 Å². The molecule has 0 fully saturated rings. The summed E-state index contributed by atoms with van der Waals surface area (Å²) in [6.07, 6.45) is 0. The van der Waals surface area contributed by atoms with E-state index >= 15 is 0 Å². The second-order valence-corrected chi connectivity index (χ2v) is 11.0. The van der Waals surface area contributed by atoms with Crippen molar-refractivity contribution in [3.63, 3.8) is 0 Å². The third-order valence-electron chi connectivity index (χ3n) is 3.09. The number of methoxy groups -OCH3 is 2. The molecule has 0 amide bonds. The molecule has 0 heterocycles. The first-order valence-corrected chi connectivity index (χ1v) is 12.8. The molecule has 2 rings (SSSR count). The van der Waals surface area contributed by atoms with Gasteiger partial charge in [-0.15, -0.1) is 0 Å². The molecule has 0 radical (unpaired) electrons. The zero-order valence-corrected chi connectivity index (χ0v) is 16.5. The first-order valence-electron chi connectivity index (χ1n) is 6.76. The van der Waals surface area contributed by atoms with Gasteiger partial charge in [-0.2, -0.15) is 0 Å². The Morgan fingerprint density at radius 2 is 1.17 bits per heavy atom. The molecule has 0 aliphatic heterocycles. The summed E-state index contributed by atoms with van der Waals surface area (Å²) < 4.78 is 11.5. The molecule has 0 atom stereocenters. The van der Waals surface area contributed by atoms with Crippen LogP contribution in [0.15, 0.2) is 36.4 Å². The number of benzene rings is 2. The summed E-state index contributed by atoms with van der Waals surface area (Å²) in [4.78, 5) is 23.4. The summed E-state index contributed by atoms with van der Waals surface area (Å²) in [5, 5.41) is 0. The van der Waals surface area contributed by atoms with Gasteiger partial charge in [0.2, 0.25) is 0 Å². The minimum absolute atomic E-state index is 0.118. The van der Waals surface area contributed by atoms with Gasteiger partial charge in [0.05, 0.1) is 0 Å². The second-order valence-electron chi connectivity index (χ2n) is 4.65. The van der Waals surface area contributed by atoms with Gasteiger partial charge in [0.15, 0.2) is 0 Å². The van der Waals surface area contributed by atoms with Crippen LogP contribution in [0.4, 0.5) is 11.4 Å². The molecule has 0 aliphatic carbocycles. The fourth-order valence-electron chi connectivity index (χ4n) is 1.84. The number of nitrogens with two attached hydrogens (primary N) is 2. The number of carbonyl (C=O) groups is 2. The normalized spacial score (nSPS) is 10.2. The Morgan fingerprint density at radius 3 is 1.50 bits per heavy atom. The van der Waals surface area contributed by atoms with Crippen LogP contribution in [0.2, 0.25) is 0 Å². The molecule has 0 bridgehead atoms. The Bertz CT molecular complexity index is 715. The molecule has 8 heteroatoms. The van der Waals surface area contributed by atoms with Crippen LogP contribution in [0.3, 0.4) is 0 Å². The number of ether oxygens (including phenoxy) is 2. The van der Waals surface area contributed by atoms with Crippen molar-refractivity contribution >= 4 is 58.5 Å². The topological polar surface area (TPSA) is 105 Å². The number of hydrogen-bond acceptors (Lipinski definition) is 6. The Balaban J connectivity index is 2.17. The van der Waals surface area contributed by atoms with Crippen LogP contribution < -0.4 is 20.4 Å². The summed E-state index contributed by atoms with van der Waals surface area (Å²) in [7, 11) is 2.65. The molecule has 0 aliphatic rings. The molecule has 126 valence electrons. The van der Waals surface area contributed by atoms with E-state index in [0.717, 1.165) is 8.92 Å². The van der Waals surface area contributed by atoms with Gasteiger partial charge in [-0.05, 0) is 0 Å². The molecule has 0 aromatic heterocycles. The maximum atomic E-state index is 11.7. The van der Waals surface area contributed by atoms with E-state index in [-0.39, 0.29) is 26.3 Å². The van der Waals surface area contributed by atoms with Crippen LogP contribution in [-0.4, -0.2) is 52.4 Å². The molecule has 0 unspecified atom stereocenters. The maximum absolute atomic E-state index is 11.7. The predicted molar refractivity (Wildman–Crippen MR) is 95.2 cm³/mol. The Morgan fingerprint density at radius 1 is 0.792 bits per heavy atom. The van der Waals surface area contributed by atoms with Crippen molar-refractivity contribution in [2.24, 2.45) is 0 Å². The summed E-state index contributed by atoms with van der Waals surface area (Å²) >= 11 is 0.236. The SMILES string of the molecule is COC(=O)c1cc([Se][Se]c2ccc(N)c(C(=O)OC)c2)ccc1N. The number of hydrogen-bond donors (Lipinski definition) is 2. The number of anilines is 2. The predicted octanol–water partition coefficient (Wildman–Crippen LogP) is -0.302. The molecule has 0 spiro atoms. The Kier molecular flexibility index (Phi) is 6.29. The quantitative estimate of drug-likeness (QED) is 0.362. The monoisotopic (exact) mass is 460 g/mol. The van der Waals surface area contributed by atoms with Gasteiger partial charge in [-0.25, -0.2) is 0 Å². The zero-order valence-electron chi connectivity index (χ0n) is 13.1. The van der Waals surface area contributed by atoms with Crippen LogP contribution in [0.5, 0.6) is 0 Å². The molecule has 2 aromatic rings. The van der Waals surface area contributed by atoms with Crippen LogP contribution in [0, 0.1) is 0 Å². The summed E-state index contributed by atoms with van der Waals surface area (Å²) in [5.74, 6) is -0.892. The van der Waals surface area contributed by atoms with Gasteiger partial charge in [-0.1, -0.05) is 0 Å². The number of nitrogen functional groups attached to an aromatic ring is 2. The molecular formula is C16H16N2O4Se2. The molecule has 2 aromatic carbocycles. The molecular weight excluding hydrogens is 442 g/mol. The van der Waals surface area contributed by atoms with Crippen LogP contribution in [0.1, 0.15) is 20.7 Å². The van der Waals surface area contributed by atoms with E-state index in [2.05, 4.69) is 0 Å². The zero-order chi connectivity index (χ0) is 17.7. The Labute approximate surface area is 150 Å². The molecule has 24 heavy (non-hydrogen) atoms. The van der Waals surface area contributed by atoms with E-state index in [1.165, 1.54) is 14.2 Å². The van der Waals surface area contributed by atoms with Crippen molar-refractivity contribution < 1.29 is 19.1 Å². The average molecular weight is 458 g/mol. The number of esters is 2. The third-order valence-corrected chi connectivity index (χ3v) is 10.2. The molecule has 6 nitrogen and oxygen atoms in total. The van der Waals surface area contributed by atoms with Crippen molar-refractivity contribution in [1.82, 2.24) is 0 Å². The van der Waals surface area contributed by atoms with Crippen molar-refractivity contribution in [2.45, 2.75) is 0 Å². The van der Waals surface area contributed by atoms with Crippen LogP contribution in [-0.2, 0) is 9.47 Å². The summed E-state index contributed by atoms with van der Waals surface area (Å²) in [5.41, 5.74) is 13.2. The van der Waals surface area contributed by atoms with Crippen molar-refractivity contribution in [1.29, 1.82) is 0 Å². The van der Waals surface area contributed by atoms with Gasteiger partial charge in [-0.3, -0.25) is 0 Å². The first-order chi connectivity index (χ1) is 11.5. The summed E-state index contributed by atoms with van der Waals surface area (Å²) in [6, 6.07) is 10.8. The fraction of sp³-hybridized carbons (Fsp3) is 0.125. The standard InChI is InChI=1S/C16H16N2O4Se2/c1-21-15(19)11-7-9(3-5-13(11)17)23-24-10-4-6-14(18)12(8-10)16(20)22-2/h3-8H,17-18H2,1-2H3. The van der Waals surface area contributed by atoms with Gasteiger partial charge in [0.1, 0.15) is 0 Å². The molecule has 4 N–H and O–H groups in total. The molecule has 0 saturated carbocycles. The van der Waals surface area contributed by atoms with Crippen LogP contribution in [0.25, 0.3) is 0 Å². The summed E-state index contributed by atoms with van der Waals surface area (Å²) in [6.45, 7) is 0. The fourth-order valence-corrected chi connectivity index (χ4v) is 7.82. The average Bonchev–Trinajstić information content (AvgIpc) is 2.60. The van der Waals surface area contributed by atoms with Crippen LogP contribution >= 0.6 is 0 Å². The number of rotatable bonds is 5. The first kappa shape index (κ1) is 18.4. The third kappa shape index (κ3) is 4.30. The van der Waals surface area contributed by atoms with E-state index < -0.39 is 11.9 Å².